The zero-order chi connectivity index (χ0) is 14.3. The Morgan fingerprint density at radius 3 is 2.11 bits per heavy atom. The van der Waals surface area contributed by atoms with Gasteiger partial charge in [0.15, 0.2) is 0 Å². The van der Waals surface area contributed by atoms with E-state index in [9.17, 15) is 4.79 Å². The summed E-state index contributed by atoms with van der Waals surface area (Å²) >= 11 is 0. The maximum Gasteiger partial charge on any atom is 0.222 e. The fourth-order valence-electron chi connectivity index (χ4n) is 2.03. The van der Waals surface area contributed by atoms with Gasteiger partial charge in [0, 0.05) is 26.1 Å². The molecule has 3 heteroatoms. The molecule has 0 rings (SSSR count). The fourth-order valence-corrected chi connectivity index (χ4v) is 2.03. The van der Waals surface area contributed by atoms with Gasteiger partial charge in [-0.25, -0.2) is 0 Å². The Hall–Kier alpha value is -0.570. The highest BCUT2D eigenvalue weighted by Crippen LogP contribution is 2.19. The Morgan fingerprint density at radius 2 is 1.72 bits per heavy atom. The van der Waals surface area contributed by atoms with Crippen molar-refractivity contribution in [3.8, 4) is 0 Å². The third-order valence-electron chi connectivity index (χ3n) is 3.98. The van der Waals surface area contributed by atoms with E-state index in [0.717, 1.165) is 19.4 Å². The standard InChI is InChI=1S/C15H32N2O/c1-7-13(11(2)3)10-15(18)17(6)9-8-14(16)12(4)5/h11-14H,7-10,16H2,1-6H3. The second-order valence-electron chi connectivity index (χ2n) is 6.13. The van der Waals surface area contributed by atoms with Crippen LogP contribution in [-0.4, -0.2) is 30.4 Å². The van der Waals surface area contributed by atoms with Crippen LogP contribution in [0.4, 0.5) is 0 Å². The van der Waals surface area contributed by atoms with E-state index in [2.05, 4.69) is 34.6 Å². The van der Waals surface area contributed by atoms with Gasteiger partial charge in [0.2, 0.25) is 5.91 Å². The lowest BCUT2D eigenvalue weighted by molar-refractivity contribution is -0.131. The number of carbonyl (C=O) groups excluding carboxylic acids is 1. The summed E-state index contributed by atoms with van der Waals surface area (Å²) in [4.78, 5) is 13.9. The van der Waals surface area contributed by atoms with E-state index in [0.29, 0.717) is 24.2 Å². The van der Waals surface area contributed by atoms with Crippen LogP contribution in [0, 0.1) is 17.8 Å². The van der Waals surface area contributed by atoms with Gasteiger partial charge in [-0.15, -0.1) is 0 Å². The molecule has 0 saturated heterocycles. The highest BCUT2D eigenvalue weighted by atomic mass is 16.2. The molecule has 0 aliphatic carbocycles. The van der Waals surface area contributed by atoms with Crippen molar-refractivity contribution in [2.24, 2.45) is 23.5 Å². The molecule has 0 aliphatic rings. The monoisotopic (exact) mass is 256 g/mol. The summed E-state index contributed by atoms with van der Waals surface area (Å²) < 4.78 is 0. The Balaban J connectivity index is 4.10. The van der Waals surface area contributed by atoms with Crippen molar-refractivity contribution in [2.45, 2.75) is 59.9 Å². The van der Waals surface area contributed by atoms with Crippen LogP contribution in [0.5, 0.6) is 0 Å². The summed E-state index contributed by atoms with van der Waals surface area (Å²) in [6, 6.07) is 0.187. The number of hydrogen-bond acceptors (Lipinski definition) is 2. The molecule has 0 aliphatic heterocycles. The second-order valence-corrected chi connectivity index (χ2v) is 6.13. The van der Waals surface area contributed by atoms with Gasteiger partial charge in [-0.3, -0.25) is 4.79 Å². The summed E-state index contributed by atoms with van der Waals surface area (Å²) in [6.07, 6.45) is 2.63. The Labute approximate surface area is 113 Å². The first kappa shape index (κ1) is 17.4. The van der Waals surface area contributed by atoms with Crippen molar-refractivity contribution >= 4 is 5.91 Å². The van der Waals surface area contributed by atoms with Crippen molar-refractivity contribution in [1.29, 1.82) is 0 Å². The van der Waals surface area contributed by atoms with Crippen molar-refractivity contribution in [3.05, 3.63) is 0 Å². The lowest BCUT2D eigenvalue weighted by Gasteiger charge is -2.25. The van der Waals surface area contributed by atoms with E-state index in [1.807, 2.05) is 11.9 Å². The lowest BCUT2D eigenvalue weighted by atomic mass is 9.89. The first-order valence-corrected chi connectivity index (χ1v) is 7.29. The summed E-state index contributed by atoms with van der Waals surface area (Å²) in [5.41, 5.74) is 6.00. The van der Waals surface area contributed by atoms with Gasteiger partial charge < -0.3 is 10.6 Å². The molecule has 0 spiro atoms. The largest absolute Gasteiger partial charge is 0.346 e. The number of rotatable bonds is 8. The molecule has 0 radical (unpaired) electrons. The minimum atomic E-state index is 0.187. The van der Waals surface area contributed by atoms with Crippen LogP contribution in [0.3, 0.4) is 0 Å². The summed E-state index contributed by atoms with van der Waals surface area (Å²) in [5.74, 6) is 1.81. The number of hydrogen-bond donors (Lipinski definition) is 1. The zero-order valence-electron chi connectivity index (χ0n) is 13.1. The molecule has 0 bridgehead atoms. The van der Waals surface area contributed by atoms with E-state index in [4.69, 9.17) is 5.73 Å². The molecule has 1 amide bonds. The van der Waals surface area contributed by atoms with Gasteiger partial charge in [-0.2, -0.15) is 0 Å². The summed E-state index contributed by atoms with van der Waals surface area (Å²) in [6.45, 7) is 11.6. The molecule has 0 saturated carbocycles. The van der Waals surface area contributed by atoms with Gasteiger partial charge in [-0.05, 0) is 24.2 Å². The van der Waals surface area contributed by atoms with Crippen molar-refractivity contribution in [3.63, 3.8) is 0 Å². The number of nitrogens with zero attached hydrogens (tertiary/aromatic N) is 1. The average molecular weight is 256 g/mol. The lowest BCUT2D eigenvalue weighted by Crippen LogP contribution is -2.35. The van der Waals surface area contributed by atoms with E-state index in [1.165, 1.54) is 0 Å². The molecule has 18 heavy (non-hydrogen) atoms. The van der Waals surface area contributed by atoms with E-state index < -0.39 is 0 Å². The molecular weight excluding hydrogens is 224 g/mol. The topological polar surface area (TPSA) is 46.3 Å². The molecular formula is C15H32N2O. The molecule has 108 valence electrons. The minimum Gasteiger partial charge on any atom is -0.346 e. The average Bonchev–Trinajstić information content (AvgIpc) is 2.31. The molecule has 0 fully saturated rings. The summed E-state index contributed by atoms with van der Waals surface area (Å²) in [5, 5.41) is 0. The maximum absolute atomic E-state index is 12.1. The molecule has 0 aromatic carbocycles. The summed E-state index contributed by atoms with van der Waals surface area (Å²) in [7, 11) is 1.89. The number of amides is 1. The smallest absolute Gasteiger partial charge is 0.222 e. The van der Waals surface area contributed by atoms with Crippen LogP contribution in [0.25, 0.3) is 0 Å². The number of carbonyl (C=O) groups is 1. The van der Waals surface area contributed by atoms with E-state index in [-0.39, 0.29) is 11.9 Å². The number of nitrogens with two attached hydrogens (primary N) is 1. The van der Waals surface area contributed by atoms with Crippen LogP contribution in [0.2, 0.25) is 0 Å². The second kappa shape index (κ2) is 8.52. The van der Waals surface area contributed by atoms with E-state index in [1.54, 1.807) is 0 Å². The van der Waals surface area contributed by atoms with Gasteiger partial charge in [0.05, 0.1) is 0 Å². The van der Waals surface area contributed by atoms with Crippen LogP contribution in [-0.2, 0) is 4.79 Å². The van der Waals surface area contributed by atoms with Crippen LogP contribution >= 0.6 is 0 Å². The Kier molecular flexibility index (Phi) is 8.25. The van der Waals surface area contributed by atoms with Gasteiger partial charge >= 0.3 is 0 Å². The third kappa shape index (κ3) is 6.39. The SMILES string of the molecule is CCC(CC(=O)N(C)CCC(N)C(C)C)C(C)C. The quantitative estimate of drug-likeness (QED) is 0.726. The van der Waals surface area contributed by atoms with Crippen molar-refractivity contribution < 1.29 is 4.79 Å². The highest BCUT2D eigenvalue weighted by molar-refractivity contribution is 5.76. The predicted molar refractivity (Wildman–Crippen MR) is 78.3 cm³/mol. The molecule has 0 aromatic rings. The van der Waals surface area contributed by atoms with Crippen molar-refractivity contribution in [2.75, 3.05) is 13.6 Å². The van der Waals surface area contributed by atoms with Gasteiger partial charge in [0.1, 0.15) is 0 Å². The molecule has 3 nitrogen and oxygen atoms in total. The van der Waals surface area contributed by atoms with Gasteiger partial charge in [0.25, 0.3) is 0 Å². The maximum atomic E-state index is 12.1. The van der Waals surface area contributed by atoms with E-state index >= 15 is 0 Å². The fraction of sp³-hybridized carbons (Fsp3) is 0.933. The molecule has 2 atom stereocenters. The van der Waals surface area contributed by atoms with Crippen LogP contribution in [0.15, 0.2) is 0 Å². The van der Waals surface area contributed by atoms with Crippen molar-refractivity contribution in [1.82, 2.24) is 4.90 Å². The zero-order valence-corrected chi connectivity index (χ0v) is 13.1. The molecule has 0 heterocycles. The first-order valence-electron chi connectivity index (χ1n) is 7.29. The minimum absolute atomic E-state index is 0.187. The van der Waals surface area contributed by atoms with Crippen LogP contribution < -0.4 is 5.73 Å². The Bertz CT molecular complexity index is 239. The predicted octanol–water partition coefficient (Wildman–Crippen LogP) is 2.89. The normalized spacial score (nSPS) is 14.9. The highest BCUT2D eigenvalue weighted by Gasteiger charge is 2.19. The van der Waals surface area contributed by atoms with Crippen LogP contribution in [0.1, 0.15) is 53.9 Å². The third-order valence-corrected chi connectivity index (χ3v) is 3.98. The molecule has 2 unspecified atom stereocenters. The van der Waals surface area contributed by atoms with Gasteiger partial charge in [-0.1, -0.05) is 41.0 Å². The Morgan fingerprint density at radius 1 is 1.17 bits per heavy atom. The molecule has 2 N–H and O–H groups in total. The first-order chi connectivity index (χ1) is 8.29. The molecule has 0 aromatic heterocycles.